The summed E-state index contributed by atoms with van der Waals surface area (Å²) >= 11 is 0. The van der Waals surface area contributed by atoms with Crippen LogP contribution in [0, 0.1) is 0 Å². The van der Waals surface area contributed by atoms with Gasteiger partial charge in [0.25, 0.3) is 17.7 Å². The van der Waals surface area contributed by atoms with Gasteiger partial charge in [0.1, 0.15) is 6.10 Å². The second kappa shape index (κ2) is 6.02. The monoisotopic (exact) mass is 328 g/mol. The molecule has 3 amide bonds. The van der Waals surface area contributed by atoms with E-state index in [-0.39, 0.29) is 29.9 Å². The second-order valence-electron chi connectivity index (χ2n) is 6.58. The maximum atomic E-state index is 12.5. The fraction of sp³-hybridized carbons (Fsp3) is 0.500. The first kappa shape index (κ1) is 15.3. The Morgan fingerprint density at radius 2 is 1.62 bits per heavy atom. The van der Waals surface area contributed by atoms with E-state index in [1.807, 2.05) is 4.90 Å². The molecule has 6 heteroatoms. The van der Waals surface area contributed by atoms with Gasteiger partial charge in [-0.15, -0.1) is 0 Å². The number of carbonyl (C=O) groups excluding carboxylic acids is 3. The van der Waals surface area contributed by atoms with E-state index in [0.717, 1.165) is 12.8 Å². The minimum absolute atomic E-state index is 0.0494. The lowest BCUT2D eigenvalue weighted by Gasteiger charge is -2.36. The highest BCUT2D eigenvalue weighted by Crippen LogP contribution is 2.29. The van der Waals surface area contributed by atoms with Crippen LogP contribution in [0.15, 0.2) is 24.3 Å². The molecule has 3 heterocycles. The predicted molar refractivity (Wildman–Crippen MR) is 85.5 cm³/mol. The van der Waals surface area contributed by atoms with Gasteiger partial charge < -0.3 is 9.64 Å². The molecule has 6 nitrogen and oxygen atoms in total. The van der Waals surface area contributed by atoms with E-state index >= 15 is 0 Å². The zero-order valence-electron chi connectivity index (χ0n) is 13.4. The number of benzene rings is 1. The molecule has 1 aromatic carbocycles. The van der Waals surface area contributed by atoms with Crippen LogP contribution in [0.2, 0.25) is 0 Å². The van der Waals surface area contributed by atoms with Gasteiger partial charge in [-0.2, -0.15) is 0 Å². The summed E-state index contributed by atoms with van der Waals surface area (Å²) in [6.07, 6.45) is 2.67. The molecule has 1 atom stereocenters. The minimum Gasteiger partial charge on any atom is -0.368 e. The van der Waals surface area contributed by atoms with E-state index in [1.165, 1.54) is 4.90 Å². The van der Waals surface area contributed by atoms with Crippen LogP contribution >= 0.6 is 0 Å². The molecule has 2 fully saturated rings. The third-order valence-electron chi connectivity index (χ3n) is 5.17. The number of likely N-dealkylation sites (tertiary alicyclic amines) is 1. The lowest BCUT2D eigenvalue weighted by atomic mass is 10.0. The number of rotatable bonds is 2. The molecule has 126 valence electrons. The van der Waals surface area contributed by atoms with Crippen LogP contribution < -0.4 is 0 Å². The van der Waals surface area contributed by atoms with E-state index in [1.54, 1.807) is 24.3 Å². The molecule has 0 bridgehead atoms. The van der Waals surface area contributed by atoms with Crippen molar-refractivity contribution in [3.8, 4) is 0 Å². The summed E-state index contributed by atoms with van der Waals surface area (Å²) in [5.41, 5.74) is 0.973. The summed E-state index contributed by atoms with van der Waals surface area (Å²) in [6, 6.07) is 6.82. The number of ether oxygens (including phenoxy) is 1. The van der Waals surface area contributed by atoms with Crippen LogP contribution in [-0.4, -0.2) is 59.4 Å². The SMILES string of the molecule is O=C(C1CCCO1)N1CCC(N2C(=O)c3ccccc3C2=O)CC1. The van der Waals surface area contributed by atoms with Gasteiger partial charge in [-0.05, 0) is 37.8 Å². The van der Waals surface area contributed by atoms with Crippen molar-refractivity contribution < 1.29 is 19.1 Å². The summed E-state index contributed by atoms with van der Waals surface area (Å²) < 4.78 is 5.46. The van der Waals surface area contributed by atoms with Crippen LogP contribution in [0.25, 0.3) is 0 Å². The van der Waals surface area contributed by atoms with Crippen LogP contribution in [0.4, 0.5) is 0 Å². The fourth-order valence-electron chi connectivity index (χ4n) is 3.86. The van der Waals surface area contributed by atoms with Gasteiger partial charge in [-0.1, -0.05) is 12.1 Å². The zero-order chi connectivity index (χ0) is 16.7. The van der Waals surface area contributed by atoms with E-state index in [0.29, 0.717) is 43.7 Å². The molecule has 0 aromatic heterocycles. The van der Waals surface area contributed by atoms with Crippen LogP contribution in [0.1, 0.15) is 46.4 Å². The Morgan fingerprint density at radius 1 is 1.00 bits per heavy atom. The second-order valence-corrected chi connectivity index (χ2v) is 6.58. The molecule has 0 aliphatic carbocycles. The van der Waals surface area contributed by atoms with E-state index in [2.05, 4.69) is 0 Å². The van der Waals surface area contributed by atoms with Crippen LogP contribution in [-0.2, 0) is 9.53 Å². The molecular formula is C18H20N2O4. The lowest BCUT2D eigenvalue weighted by Crippen LogP contribution is -2.50. The van der Waals surface area contributed by atoms with E-state index in [9.17, 15) is 14.4 Å². The topological polar surface area (TPSA) is 66.9 Å². The molecule has 1 aromatic rings. The zero-order valence-corrected chi connectivity index (χ0v) is 13.4. The van der Waals surface area contributed by atoms with Crippen molar-refractivity contribution in [3.63, 3.8) is 0 Å². The largest absolute Gasteiger partial charge is 0.368 e. The number of nitrogens with zero attached hydrogens (tertiary/aromatic N) is 2. The Labute approximate surface area is 140 Å². The molecule has 0 saturated carbocycles. The molecule has 0 spiro atoms. The van der Waals surface area contributed by atoms with Gasteiger partial charge >= 0.3 is 0 Å². The van der Waals surface area contributed by atoms with Crippen molar-refractivity contribution in [3.05, 3.63) is 35.4 Å². The Hall–Kier alpha value is -2.21. The summed E-state index contributed by atoms with van der Waals surface area (Å²) in [5, 5.41) is 0. The first-order valence-electron chi connectivity index (χ1n) is 8.54. The highest BCUT2D eigenvalue weighted by Gasteiger charge is 2.41. The van der Waals surface area contributed by atoms with Crippen molar-refractivity contribution in [1.82, 2.24) is 9.80 Å². The van der Waals surface area contributed by atoms with Gasteiger partial charge in [0, 0.05) is 25.7 Å². The Balaban J connectivity index is 1.42. The van der Waals surface area contributed by atoms with Crippen molar-refractivity contribution >= 4 is 17.7 Å². The van der Waals surface area contributed by atoms with Crippen molar-refractivity contribution in [1.29, 1.82) is 0 Å². The predicted octanol–water partition coefficient (Wildman–Crippen LogP) is 1.45. The molecule has 3 aliphatic heterocycles. The molecule has 24 heavy (non-hydrogen) atoms. The molecule has 3 aliphatic rings. The standard InChI is InChI=1S/C18H20N2O4/c21-16-13-4-1-2-5-14(13)17(22)20(16)12-7-9-19(10-8-12)18(23)15-6-3-11-24-15/h1-2,4-5,12,15H,3,6-11H2. The molecule has 1 unspecified atom stereocenters. The van der Waals surface area contributed by atoms with Gasteiger partial charge in [0.05, 0.1) is 11.1 Å². The maximum Gasteiger partial charge on any atom is 0.261 e. The van der Waals surface area contributed by atoms with Crippen LogP contribution in [0.5, 0.6) is 0 Å². The fourth-order valence-corrected chi connectivity index (χ4v) is 3.86. The quantitative estimate of drug-likeness (QED) is 0.771. The number of carbonyl (C=O) groups is 3. The molecule has 4 rings (SSSR count). The highest BCUT2D eigenvalue weighted by atomic mass is 16.5. The van der Waals surface area contributed by atoms with Gasteiger partial charge in [0.2, 0.25) is 0 Å². The number of hydrogen-bond donors (Lipinski definition) is 0. The van der Waals surface area contributed by atoms with Gasteiger partial charge in [0.15, 0.2) is 0 Å². The molecule has 2 saturated heterocycles. The summed E-state index contributed by atoms with van der Waals surface area (Å²) in [4.78, 5) is 40.7. The molecular weight excluding hydrogens is 308 g/mol. The van der Waals surface area contributed by atoms with Crippen LogP contribution in [0.3, 0.4) is 0 Å². The van der Waals surface area contributed by atoms with E-state index in [4.69, 9.17) is 4.74 Å². The minimum atomic E-state index is -0.305. The number of imide groups is 1. The Morgan fingerprint density at radius 3 is 2.17 bits per heavy atom. The van der Waals surface area contributed by atoms with Gasteiger partial charge in [-0.3, -0.25) is 19.3 Å². The van der Waals surface area contributed by atoms with Crippen molar-refractivity contribution in [2.45, 2.75) is 37.8 Å². The Kier molecular flexibility index (Phi) is 3.84. The summed E-state index contributed by atoms with van der Waals surface area (Å²) in [7, 11) is 0. The maximum absolute atomic E-state index is 12.5. The average molecular weight is 328 g/mol. The lowest BCUT2D eigenvalue weighted by molar-refractivity contribution is -0.142. The first-order valence-corrected chi connectivity index (χ1v) is 8.54. The Bertz CT molecular complexity index is 653. The van der Waals surface area contributed by atoms with Crippen molar-refractivity contribution in [2.75, 3.05) is 19.7 Å². The smallest absolute Gasteiger partial charge is 0.261 e. The van der Waals surface area contributed by atoms with Gasteiger partial charge in [-0.25, -0.2) is 0 Å². The van der Waals surface area contributed by atoms with E-state index < -0.39 is 0 Å². The first-order chi connectivity index (χ1) is 11.7. The summed E-state index contributed by atoms with van der Waals surface area (Å²) in [6.45, 7) is 1.79. The number of hydrogen-bond acceptors (Lipinski definition) is 4. The molecule has 0 radical (unpaired) electrons. The van der Waals surface area contributed by atoms with Crippen molar-refractivity contribution in [2.24, 2.45) is 0 Å². The highest BCUT2D eigenvalue weighted by molar-refractivity contribution is 6.21. The molecule has 0 N–H and O–H groups in total. The number of piperidine rings is 1. The normalized spacial score (nSPS) is 24.6. The summed E-state index contributed by atoms with van der Waals surface area (Å²) in [5.74, 6) is -0.368. The third-order valence-corrected chi connectivity index (χ3v) is 5.17. The third kappa shape index (κ3) is 2.41. The number of amides is 3. The average Bonchev–Trinajstić information content (AvgIpc) is 3.23. The number of fused-ring (bicyclic) bond motifs is 1.